The van der Waals surface area contributed by atoms with Crippen molar-refractivity contribution in [3.8, 4) is 0 Å². The second-order valence-corrected chi connectivity index (χ2v) is 15.4. The molecule has 0 amide bonds. The average Bonchev–Trinajstić information content (AvgIpc) is 2.10. The highest BCUT2D eigenvalue weighted by Crippen LogP contribution is 2.64. The molecule has 2 N–H and O–H groups in total. The molecule has 72 valence electrons. The second-order valence-electron chi connectivity index (χ2n) is 1.96. The summed E-state index contributed by atoms with van der Waals surface area (Å²) in [6.07, 6.45) is 0. The molecule has 0 spiro atoms. The van der Waals surface area contributed by atoms with Crippen molar-refractivity contribution in [2.24, 2.45) is 0 Å². The fourth-order valence-corrected chi connectivity index (χ4v) is 14.3. The van der Waals surface area contributed by atoms with Crippen LogP contribution in [0.15, 0.2) is 0 Å². The van der Waals surface area contributed by atoms with E-state index in [0.717, 1.165) is 7.11 Å². The topological polar surface area (TPSA) is 94.5 Å². The Morgan fingerprint density at radius 2 is 2.31 bits per heavy atom. The average molecular weight is 272 g/mol. The van der Waals surface area contributed by atoms with E-state index < -0.39 is 33.9 Å². The monoisotopic (exact) mass is 272 g/mol. The van der Waals surface area contributed by atoms with Crippen molar-refractivity contribution >= 4 is 44.4 Å². The van der Waals surface area contributed by atoms with E-state index in [1.807, 2.05) is 0 Å². The van der Waals surface area contributed by atoms with Crippen LogP contribution in [-0.2, 0) is 21.4 Å². The third-order valence-electron chi connectivity index (χ3n) is 1.28. The van der Waals surface area contributed by atoms with Crippen LogP contribution in [0, 0.1) is 0 Å². The van der Waals surface area contributed by atoms with Gasteiger partial charge in [0.25, 0.3) is 0 Å². The molecule has 1 heterocycles. The molecule has 13 heavy (non-hydrogen) atoms. The summed E-state index contributed by atoms with van der Waals surface area (Å²) in [7, 11) is -3.01. The quantitative estimate of drug-likeness (QED) is 0.451. The van der Waals surface area contributed by atoms with Gasteiger partial charge in [-0.15, -0.1) is 0 Å². The Morgan fingerprint density at radius 1 is 1.69 bits per heavy atom. The maximum atomic E-state index is 11.6. The zero-order valence-corrected chi connectivity index (χ0v) is 11.3. The fourth-order valence-electron chi connectivity index (χ4n) is 0.648. The highest BCUT2D eigenvalue weighted by molar-refractivity contribution is 8.17. The van der Waals surface area contributed by atoms with E-state index in [1.165, 1.54) is 0 Å². The lowest BCUT2D eigenvalue weighted by molar-refractivity contribution is 0.217. The Balaban J connectivity index is 2.58. The number of hydrogen-bond acceptors (Lipinski definition) is 7. The van der Waals surface area contributed by atoms with Gasteiger partial charge in [0.2, 0.25) is 10.5 Å². The van der Waals surface area contributed by atoms with Crippen molar-refractivity contribution in [3.63, 3.8) is 0 Å². The van der Waals surface area contributed by atoms with Crippen molar-refractivity contribution in [3.05, 3.63) is 0 Å². The van der Waals surface area contributed by atoms with Gasteiger partial charge in [-0.1, -0.05) is 0 Å². The van der Waals surface area contributed by atoms with Gasteiger partial charge in [0.1, 0.15) is 0 Å². The maximum Gasteiger partial charge on any atom is 0.581 e. The normalized spacial score (nSPS) is 32.9. The van der Waals surface area contributed by atoms with Crippen LogP contribution in [0.2, 0.25) is 0 Å². The summed E-state index contributed by atoms with van der Waals surface area (Å²) >= 11 is 0. The van der Waals surface area contributed by atoms with Gasteiger partial charge in [-0.05, 0) is 0 Å². The van der Waals surface area contributed by atoms with Crippen molar-refractivity contribution in [2.45, 2.75) is 0 Å². The second kappa shape index (κ2) is 4.16. The molecule has 1 unspecified atom stereocenters. The van der Waals surface area contributed by atoms with Crippen LogP contribution in [0.4, 0.5) is 0 Å². The summed E-state index contributed by atoms with van der Waals surface area (Å²) in [5.41, 5.74) is 0. The van der Waals surface area contributed by atoms with Crippen molar-refractivity contribution < 1.29 is 31.0 Å². The fraction of sp³-hybridized carbons (Fsp3) is 1.00. The molecule has 0 aromatic heterocycles. The van der Waals surface area contributed by atoms with E-state index in [1.54, 1.807) is 0 Å². The summed E-state index contributed by atoms with van der Waals surface area (Å²) in [6.45, 7) is -3.50. The molecule has 12 heteroatoms. The standard InChI is InChI=1S/CH5O7PSi4/c1-5-9(2)12(7-11-6-10)8-13(9,3)4/h3-4H,1H3. The molecule has 7 nitrogen and oxygen atoms in total. The van der Waals surface area contributed by atoms with Gasteiger partial charge in [0, 0.05) is 7.11 Å². The molecule has 1 atom stereocenters. The minimum atomic E-state index is -4.13. The minimum Gasteiger partial charge on any atom is -0.435 e. The summed E-state index contributed by atoms with van der Waals surface area (Å²) in [5, 5.41) is 0. The first-order valence-electron chi connectivity index (χ1n) is 2.89. The molecule has 1 aliphatic rings. The van der Waals surface area contributed by atoms with Crippen molar-refractivity contribution in [1.29, 1.82) is 0 Å². The van der Waals surface area contributed by atoms with Gasteiger partial charge in [-0.2, -0.15) is 0 Å². The first-order chi connectivity index (χ1) is 5.98. The minimum absolute atomic E-state index is 0.419. The molecule has 0 aromatic carbocycles. The van der Waals surface area contributed by atoms with Crippen molar-refractivity contribution in [2.75, 3.05) is 7.11 Å². The van der Waals surface area contributed by atoms with Crippen LogP contribution in [0.25, 0.3) is 0 Å². The van der Waals surface area contributed by atoms with Crippen LogP contribution in [0.1, 0.15) is 0 Å². The smallest absolute Gasteiger partial charge is 0.435 e. The van der Waals surface area contributed by atoms with E-state index in [0.29, 0.717) is 0 Å². The van der Waals surface area contributed by atoms with Gasteiger partial charge < -0.3 is 26.5 Å². The number of hydrogen-bond donors (Lipinski definition) is 2. The zero-order chi connectivity index (χ0) is 10.1. The molecule has 0 aromatic rings. The summed E-state index contributed by atoms with van der Waals surface area (Å²) < 4.78 is 29.9. The summed E-state index contributed by atoms with van der Waals surface area (Å²) in [4.78, 5) is 18.2. The lowest BCUT2D eigenvalue weighted by atomic mass is 11.8. The molecule has 1 saturated heterocycles. The molecular weight excluding hydrogens is 267 g/mol. The Bertz CT molecular complexity index is 231. The molecule has 1 aliphatic heterocycles. The molecule has 0 bridgehead atoms. The van der Waals surface area contributed by atoms with Crippen LogP contribution in [-0.4, -0.2) is 54.6 Å². The van der Waals surface area contributed by atoms with E-state index in [9.17, 15) is 4.57 Å². The largest absolute Gasteiger partial charge is 0.581 e. The SMILES string of the molecule is COP1(=O)[Si](O[Si]O[Si])O[Si]1(O)O. The van der Waals surface area contributed by atoms with E-state index in [2.05, 4.69) is 23.2 Å². The van der Waals surface area contributed by atoms with E-state index >= 15 is 0 Å². The molecular formula is CH5O7PSi4. The molecule has 1 rings (SSSR count). The van der Waals surface area contributed by atoms with Crippen LogP contribution < -0.4 is 0 Å². The Hall–Kier alpha value is 0.858. The van der Waals surface area contributed by atoms with Gasteiger partial charge in [0.05, 0.1) is 0 Å². The highest BCUT2D eigenvalue weighted by atomic mass is 31.7. The number of rotatable bonds is 4. The Kier molecular flexibility index (Phi) is 3.81. The lowest BCUT2D eigenvalue weighted by Gasteiger charge is -2.38. The lowest BCUT2D eigenvalue weighted by Crippen LogP contribution is -2.60. The maximum absolute atomic E-state index is 11.6. The van der Waals surface area contributed by atoms with E-state index in [4.69, 9.17) is 13.7 Å². The van der Waals surface area contributed by atoms with Gasteiger partial charge >= 0.3 is 33.9 Å². The highest BCUT2D eigenvalue weighted by Gasteiger charge is 2.75. The van der Waals surface area contributed by atoms with Crippen LogP contribution in [0.5, 0.6) is 0 Å². The Labute approximate surface area is 82.9 Å². The molecule has 6 radical (unpaired) electrons. The summed E-state index contributed by atoms with van der Waals surface area (Å²) in [5.74, 6) is 0. The molecule has 0 aliphatic carbocycles. The summed E-state index contributed by atoms with van der Waals surface area (Å²) in [6, 6.07) is 0. The third kappa shape index (κ3) is 1.95. The first-order valence-corrected chi connectivity index (χ1v) is 10.5. The van der Waals surface area contributed by atoms with Crippen molar-refractivity contribution in [1.82, 2.24) is 0 Å². The van der Waals surface area contributed by atoms with Crippen LogP contribution >= 0.6 is 6.46 Å². The zero-order valence-electron chi connectivity index (χ0n) is 6.38. The predicted octanol–water partition coefficient (Wildman–Crippen LogP) is -2.00. The third-order valence-corrected chi connectivity index (χ3v) is 17.8. The van der Waals surface area contributed by atoms with Gasteiger partial charge in [0.15, 0.2) is 0 Å². The van der Waals surface area contributed by atoms with E-state index in [-0.39, 0.29) is 0 Å². The first kappa shape index (κ1) is 11.9. The Morgan fingerprint density at radius 3 is 2.69 bits per heavy atom. The predicted molar refractivity (Wildman–Crippen MR) is 45.3 cm³/mol. The van der Waals surface area contributed by atoms with Gasteiger partial charge in [-0.3, -0.25) is 4.57 Å². The molecule has 1 fully saturated rings. The molecule has 0 saturated carbocycles. The van der Waals surface area contributed by atoms with Crippen LogP contribution in [0.3, 0.4) is 0 Å². The van der Waals surface area contributed by atoms with Gasteiger partial charge in [-0.25, -0.2) is 0 Å².